The van der Waals surface area contributed by atoms with Crippen LogP contribution in [0.4, 0.5) is 17.6 Å². The van der Waals surface area contributed by atoms with Crippen LogP contribution in [-0.2, 0) is 18.1 Å². The molecule has 0 saturated heterocycles. The summed E-state index contributed by atoms with van der Waals surface area (Å²) in [4.78, 5) is 28.2. The molecule has 1 amide bonds. The van der Waals surface area contributed by atoms with Crippen LogP contribution in [0.3, 0.4) is 0 Å². The van der Waals surface area contributed by atoms with Gasteiger partial charge in [0.1, 0.15) is 0 Å². The standard InChI is InChI=1S/C26H19F4N3O3/c27-21-14-20-10-9-19(13-15-1-5-18(6-2-15)26(28,29)30)33(20)22(31-21)23(34)32-25(11-12-25)17-7-3-16(4-8-17)24(35)36/h1-10,14H,11-13H2,(H,32,34)(H,35,36). The molecule has 0 atom stereocenters. The highest BCUT2D eigenvalue weighted by Crippen LogP contribution is 2.45. The summed E-state index contributed by atoms with van der Waals surface area (Å²) in [6.07, 6.45) is -3.01. The molecule has 0 radical (unpaired) electrons. The van der Waals surface area contributed by atoms with Crippen LogP contribution in [0.1, 0.15) is 56.2 Å². The summed E-state index contributed by atoms with van der Waals surface area (Å²) in [5.74, 6) is -2.72. The fourth-order valence-electron chi connectivity index (χ4n) is 4.30. The number of carboxylic acids is 1. The number of amides is 1. The van der Waals surface area contributed by atoms with Crippen molar-refractivity contribution in [2.24, 2.45) is 0 Å². The van der Waals surface area contributed by atoms with Crippen LogP contribution in [0.2, 0.25) is 0 Å². The van der Waals surface area contributed by atoms with E-state index in [9.17, 15) is 27.2 Å². The molecule has 2 N–H and O–H groups in total. The van der Waals surface area contributed by atoms with Gasteiger partial charge in [-0.3, -0.25) is 9.20 Å². The van der Waals surface area contributed by atoms with E-state index in [1.807, 2.05) is 0 Å². The van der Waals surface area contributed by atoms with Gasteiger partial charge in [-0.1, -0.05) is 24.3 Å². The van der Waals surface area contributed by atoms with Gasteiger partial charge in [0, 0.05) is 18.2 Å². The summed E-state index contributed by atoms with van der Waals surface area (Å²) >= 11 is 0. The van der Waals surface area contributed by atoms with Crippen molar-refractivity contribution in [3.8, 4) is 0 Å². The van der Waals surface area contributed by atoms with Gasteiger partial charge in [-0.05, 0) is 60.4 Å². The molecule has 5 rings (SSSR count). The monoisotopic (exact) mass is 497 g/mol. The number of aromatic carboxylic acids is 1. The Bertz CT molecular complexity index is 1470. The number of halogens is 4. The van der Waals surface area contributed by atoms with Gasteiger partial charge < -0.3 is 10.4 Å². The van der Waals surface area contributed by atoms with Crippen LogP contribution in [-0.4, -0.2) is 26.4 Å². The molecule has 0 spiro atoms. The first-order valence-electron chi connectivity index (χ1n) is 11.1. The van der Waals surface area contributed by atoms with Gasteiger partial charge >= 0.3 is 12.1 Å². The minimum absolute atomic E-state index is 0.120. The largest absolute Gasteiger partial charge is 0.478 e. The SMILES string of the molecule is O=C(O)c1ccc(C2(NC(=O)c3nc(F)cc4ccc(Cc5ccc(C(F)(F)F)cc5)n34)CC2)cc1. The average molecular weight is 497 g/mol. The Morgan fingerprint density at radius 1 is 1.00 bits per heavy atom. The van der Waals surface area contributed by atoms with Crippen molar-refractivity contribution in [2.45, 2.75) is 31.0 Å². The number of carbonyl (C=O) groups is 2. The van der Waals surface area contributed by atoms with Gasteiger partial charge in [0.15, 0.2) is 0 Å². The predicted molar refractivity (Wildman–Crippen MR) is 121 cm³/mol. The fourth-order valence-corrected chi connectivity index (χ4v) is 4.30. The summed E-state index contributed by atoms with van der Waals surface area (Å²) in [5.41, 5.74) is 0.885. The van der Waals surface area contributed by atoms with E-state index in [4.69, 9.17) is 5.11 Å². The number of nitrogens with one attached hydrogen (secondary N) is 1. The first kappa shape index (κ1) is 23.5. The first-order chi connectivity index (χ1) is 17.1. The molecule has 36 heavy (non-hydrogen) atoms. The molecule has 2 aromatic heterocycles. The van der Waals surface area contributed by atoms with Gasteiger partial charge in [0.2, 0.25) is 11.8 Å². The van der Waals surface area contributed by atoms with E-state index in [0.29, 0.717) is 29.6 Å². The number of carbonyl (C=O) groups excluding carboxylic acids is 1. The zero-order chi connectivity index (χ0) is 25.7. The molecule has 1 saturated carbocycles. The Morgan fingerprint density at radius 3 is 2.25 bits per heavy atom. The third kappa shape index (κ3) is 4.41. The van der Waals surface area contributed by atoms with E-state index in [1.165, 1.54) is 34.7 Å². The zero-order valence-electron chi connectivity index (χ0n) is 18.6. The predicted octanol–water partition coefficient (Wildman–Crippen LogP) is 5.20. The number of alkyl halides is 3. The molecule has 2 heterocycles. The van der Waals surface area contributed by atoms with Crippen LogP contribution in [0.15, 0.2) is 66.7 Å². The van der Waals surface area contributed by atoms with E-state index in [0.717, 1.165) is 17.7 Å². The second-order valence-electron chi connectivity index (χ2n) is 8.78. The second-order valence-corrected chi connectivity index (χ2v) is 8.78. The summed E-state index contributed by atoms with van der Waals surface area (Å²) in [5, 5.41) is 12.0. The average Bonchev–Trinajstić information content (AvgIpc) is 3.51. The number of rotatable bonds is 6. The van der Waals surface area contributed by atoms with Crippen molar-refractivity contribution < 1.29 is 32.3 Å². The van der Waals surface area contributed by atoms with Crippen LogP contribution in [0.5, 0.6) is 0 Å². The lowest BCUT2D eigenvalue weighted by molar-refractivity contribution is -0.137. The van der Waals surface area contributed by atoms with Crippen molar-refractivity contribution >= 4 is 17.4 Å². The molecule has 4 aromatic rings. The van der Waals surface area contributed by atoms with Gasteiger partial charge in [-0.25, -0.2) is 4.79 Å². The smallest absolute Gasteiger partial charge is 0.416 e. The third-order valence-electron chi connectivity index (χ3n) is 6.34. The maximum atomic E-state index is 14.3. The molecule has 0 aliphatic heterocycles. The molecule has 1 aliphatic carbocycles. The van der Waals surface area contributed by atoms with Crippen molar-refractivity contribution in [3.05, 3.63) is 106 Å². The van der Waals surface area contributed by atoms with Gasteiger partial charge in [0.25, 0.3) is 5.91 Å². The van der Waals surface area contributed by atoms with Gasteiger partial charge in [-0.2, -0.15) is 22.5 Å². The fraction of sp³-hybridized carbons (Fsp3) is 0.192. The Morgan fingerprint density at radius 2 is 1.67 bits per heavy atom. The van der Waals surface area contributed by atoms with Crippen molar-refractivity contribution in [1.82, 2.24) is 14.7 Å². The van der Waals surface area contributed by atoms with E-state index < -0.39 is 35.1 Å². The van der Waals surface area contributed by atoms with E-state index in [2.05, 4.69) is 10.3 Å². The summed E-state index contributed by atoms with van der Waals surface area (Å²) in [6, 6.07) is 15.3. The molecule has 10 heteroatoms. The number of hydrogen-bond acceptors (Lipinski definition) is 3. The van der Waals surface area contributed by atoms with Crippen LogP contribution in [0, 0.1) is 5.95 Å². The van der Waals surface area contributed by atoms with Crippen LogP contribution in [0.25, 0.3) is 5.52 Å². The number of aromatic nitrogens is 2. The molecule has 2 aromatic carbocycles. The molecule has 184 valence electrons. The molecule has 0 unspecified atom stereocenters. The van der Waals surface area contributed by atoms with Gasteiger partial charge in [0.05, 0.1) is 22.2 Å². The first-order valence-corrected chi connectivity index (χ1v) is 11.1. The molecule has 0 bridgehead atoms. The molecule has 6 nitrogen and oxygen atoms in total. The second kappa shape index (κ2) is 8.47. The minimum Gasteiger partial charge on any atom is -0.478 e. The highest BCUT2D eigenvalue weighted by molar-refractivity contribution is 5.93. The lowest BCUT2D eigenvalue weighted by Crippen LogP contribution is -2.36. The van der Waals surface area contributed by atoms with Crippen LogP contribution >= 0.6 is 0 Å². The van der Waals surface area contributed by atoms with Crippen molar-refractivity contribution in [1.29, 1.82) is 0 Å². The summed E-state index contributed by atoms with van der Waals surface area (Å²) < 4.78 is 54.4. The number of nitrogens with zero attached hydrogens (tertiary/aromatic N) is 2. The van der Waals surface area contributed by atoms with Crippen molar-refractivity contribution in [2.75, 3.05) is 0 Å². The Balaban J connectivity index is 1.44. The molecule has 1 aliphatic rings. The molecule has 1 fully saturated rings. The number of benzene rings is 2. The summed E-state index contributed by atoms with van der Waals surface area (Å²) in [7, 11) is 0. The quantitative estimate of drug-likeness (QED) is 0.283. The van der Waals surface area contributed by atoms with E-state index in [-0.39, 0.29) is 17.8 Å². The number of carboxylic acid groups (broad SMARTS) is 1. The van der Waals surface area contributed by atoms with Crippen molar-refractivity contribution in [3.63, 3.8) is 0 Å². The molecular weight excluding hydrogens is 478 g/mol. The highest BCUT2D eigenvalue weighted by Gasteiger charge is 2.46. The third-order valence-corrected chi connectivity index (χ3v) is 6.34. The minimum atomic E-state index is -4.44. The maximum absolute atomic E-state index is 14.3. The Hall–Kier alpha value is -4.21. The van der Waals surface area contributed by atoms with E-state index >= 15 is 0 Å². The Labute approximate surface area is 202 Å². The van der Waals surface area contributed by atoms with Crippen LogP contribution < -0.4 is 5.32 Å². The summed E-state index contributed by atoms with van der Waals surface area (Å²) in [6.45, 7) is 0. The highest BCUT2D eigenvalue weighted by atomic mass is 19.4. The maximum Gasteiger partial charge on any atom is 0.416 e. The van der Waals surface area contributed by atoms with Gasteiger partial charge in [-0.15, -0.1) is 0 Å². The molecular formula is C26H19F4N3O3. The number of hydrogen-bond donors (Lipinski definition) is 2. The van der Waals surface area contributed by atoms with E-state index in [1.54, 1.807) is 24.3 Å². The normalized spacial score (nSPS) is 14.6. The number of fused-ring (bicyclic) bond motifs is 1. The lowest BCUT2D eigenvalue weighted by Gasteiger charge is -2.19. The lowest BCUT2D eigenvalue weighted by atomic mass is 10.0. The zero-order valence-corrected chi connectivity index (χ0v) is 18.6. The topological polar surface area (TPSA) is 83.7 Å². The Kier molecular flexibility index (Phi) is 5.54.